The Morgan fingerprint density at radius 1 is 1.37 bits per heavy atom. The van der Waals surface area contributed by atoms with Gasteiger partial charge >= 0.3 is 5.97 Å². The summed E-state index contributed by atoms with van der Waals surface area (Å²) in [5.74, 6) is 4.12. The zero-order valence-corrected chi connectivity index (χ0v) is 11.8. The molecule has 1 aromatic carbocycles. The molecule has 0 unspecified atom stereocenters. The highest BCUT2D eigenvalue weighted by Gasteiger charge is 2.19. The normalized spacial score (nSPS) is 10.6. The van der Waals surface area contributed by atoms with Gasteiger partial charge in [0.15, 0.2) is 9.84 Å². The summed E-state index contributed by atoms with van der Waals surface area (Å²) >= 11 is 0. The van der Waals surface area contributed by atoms with Crippen molar-refractivity contribution in [1.29, 1.82) is 0 Å². The van der Waals surface area contributed by atoms with Crippen LogP contribution in [0.15, 0.2) is 23.1 Å². The van der Waals surface area contributed by atoms with E-state index >= 15 is 0 Å². The molecule has 0 aliphatic heterocycles. The van der Waals surface area contributed by atoms with Gasteiger partial charge in [-0.1, -0.05) is 13.0 Å². The van der Waals surface area contributed by atoms with Crippen LogP contribution in [0.1, 0.15) is 36.2 Å². The molecule has 0 bridgehead atoms. The quantitative estimate of drug-likeness (QED) is 0.839. The maximum Gasteiger partial charge on any atom is 0.335 e. The molecule has 1 aromatic rings. The van der Waals surface area contributed by atoms with Gasteiger partial charge in [-0.2, -0.15) is 0 Å². The number of sulfone groups is 1. The molecule has 19 heavy (non-hydrogen) atoms. The summed E-state index contributed by atoms with van der Waals surface area (Å²) in [6.45, 7) is 3.48. The Morgan fingerprint density at radius 2 is 2.05 bits per heavy atom. The summed E-state index contributed by atoms with van der Waals surface area (Å²) in [6, 6.07) is 4.21. The lowest BCUT2D eigenvalue weighted by molar-refractivity contribution is 0.0696. The Hall–Kier alpha value is -1.80. The molecule has 0 heterocycles. The van der Waals surface area contributed by atoms with Crippen molar-refractivity contribution >= 4 is 15.8 Å². The van der Waals surface area contributed by atoms with E-state index in [1.165, 1.54) is 12.1 Å². The first-order chi connectivity index (χ1) is 8.92. The van der Waals surface area contributed by atoms with Crippen LogP contribution in [0, 0.1) is 11.8 Å². The molecular weight excluding hydrogens is 264 g/mol. The molecule has 4 nitrogen and oxygen atoms in total. The number of aromatic carboxylic acids is 1. The third kappa shape index (κ3) is 3.83. The number of carboxylic acid groups (broad SMARTS) is 1. The molecule has 0 fully saturated rings. The lowest BCUT2D eigenvalue weighted by Gasteiger charge is -2.09. The highest BCUT2D eigenvalue weighted by Crippen LogP contribution is 2.20. The fourth-order valence-corrected chi connectivity index (χ4v) is 3.20. The number of hydrogen-bond acceptors (Lipinski definition) is 3. The zero-order chi connectivity index (χ0) is 14.5. The lowest BCUT2D eigenvalue weighted by Crippen LogP contribution is -2.11. The van der Waals surface area contributed by atoms with Gasteiger partial charge in [-0.05, 0) is 31.0 Å². The highest BCUT2D eigenvalue weighted by molar-refractivity contribution is 7.91. The molecule has 0 aliphatic carbocycles. The van der Waals surface area contributed by atoms with Gasteiger partial charge in [0.05, 0.1) is 16.2 Å². The van der Waals surface area contributed by atoms with E-state index in [9.17, 15) is 13.2 Å². The van der Waals surface area contributed by atoms with Crippen LogP contribution in [0.25, 0.3) is 0 Å². The Bertz CT molecular complexity index is 633. The smallest absolute Gasteiger partial charge is 0.335 e. The molecule has 0 atom stereocenters. The van der Waals surface area contributed by atoms with E-state index in [-0.39, 0.29) is 22.6 Å². The summed E-state index contributed by atoms with van der Waals surface area (Å²) in [5, 5.41) is 8.94. The van der Waals surface area contributed by atoms with Gasteiger partial charge < -0.3 is 5.11 Å². The van der Waals surface area contributed by atoms with E-state index in [0.29, 0.717) is 12.0 Å². The average molecular weight is 280 g/mol. The molecule has 0 aromatic heterocycles. The molecule has 0 saturated heterocycles. The van der Waals surface area contributed by atoms with Crippen LogP contribution in [0.2, 0.25) is 0 Å². The number of aryl methyl sites for hydroxylation is 1. The number of carbonyl (C=O) groups is 1. The maximum atomic E-state index is 12.2. The first-order valence-electron chi connectivity index (χ1n) is 5.91. The van der Waals surface area contributed by atoms with Gasteiger partial charge in [0.1, 0.15) is 0 Å². The van der Waals surface area contributed by atoms with Gasteiger partial charge in [-0.3, -0.25) is 0 Å². The SMILES string of the molecule is CC#CCCS(=O)(=O)c1cc(C(=O)O)ccc1CC. The zero-order valence-electron chi connectivity index (χ0n) is 10.9. The van der Waals surface area contributed by atoms with Crippen molar-refractivity contribution in [3.05, 3.63) is 29.3 Å². The molecule has 0 saturated carbocycles. The first kappa shape index (κ1) is 15.3. The number of hydrogen-bond donors (Lipinski definition) is 1. The van der Waals surface area contributed by atoms with Crippen LogP contribution >= 0.6 is 0 Å². The summed E-state index contributed by atoms with van der Waals surface area (Å²) < 4.78 is 24.4. The molecule has 0 radical (unpaired) electrons. The monoisotopic (exact) mass is 280 g/mol. The number of benzene rings is 1. The Kier molecular flexibility index (Phi) is 5.13. The van der Waals surface area contributed by atoms with Crippen molar-refractivity contribution < 1.29 is 18.3 Å². The van der Waals surface area contributed by atoms with E-state index in [2.05, 4.69) is 11.8 Å². The van der Waals surface area contributed by atoms with Crippen LogP contribution < -0.4 is 0 Å². The molecule has 1 N–H and O–H groups in total. The molecule has 5 heteroatoms. The minimum atomic E-state index is -3.50. The summed E-state index contributed by atoms with van der Waals surface area (Å²) in [4.78, 5) is 11.0. The predicted octanol–water partition coefficient (Wildman–Crippen LogP) is 2.13. The van der Waals surface area contributed by atoms with E-state index in [1.807, 2.05) is 6.92 Å². The van der Waals surface area contributed by atoms with Crippen LogP contribution in [-0.4, -0.2) is 25.2 Å². The third-order valence-corrected chi connectivity index (χ3v) is 4.49. The summed E-state index contributed by atoms with van der Waals surface area (Å²) in [6.07, 6.45) is 0.785. The van der Waals surface area contributed by atoms with Crippen molar-refractivity contribution in [3.63, 3.8) is 0 Å². The maximum absolute atomic E-state index is 12.2. The van der Waals surface area contributed by atoms with Gasteiger partial charge in [0, 0.05) is 6.42 Å². The van der Waals surface area contributed by atoms with E-state index < -0.39 is 15.8 Å². The van der Waals surface area contributed by atoms with Crippen molar-refractivity contribution in [3.8, 4) is 11.8 Å². The number of rotatable bonds is 5. The van der Waals surface area contributed by atoms with E-state index in [0.717, 1.165) is 0 Å². The van der Waals surface area contributed by atoms with E-state index in [1.54, 1.807) is 13.0 Å². The second kappa shape index (κ2) is 6.39. The molecule has 1 rings (SSSR count). The second-order valence-electron chi connectivity index (χ2n) is 3.98. The minimum absolute atomic E-state index is 0.0163. The molecule has 0 aliphatic rings. The Labute approximate surface area is 113 Å². The molecule has 0 amide bonds. The Morgan fingerprint density at radius 3 is 2.58 bits per heavy atom. The van der Waals surface area contributed by atoms with Crippen LogP contribution in [0.5, 0.6) is 0 Å². The summed E-state index contributed by atoms with van der Waals surface area (Å²) in [5.41, 5.74) is 0.617. The largest absolute Gasteiger partial charge is 0.478 e. The number of carboxylic acids is 1. The Balaban J connectivity index is 3.24. The van der Waals surface area contributed by atoms with Crippen molar-refractivity contribution in [2.45, 2.75) is 31.6 Å². The van der Waals surface area contributed by atoms with Crippen molar-refractivity contribution in [2.24, 2.45) is 0 Å². The standard InChI is InChI=1S/C14H16O4S/c1-3-5-6-9-19(17,18)13-10-12(14(15)16)8-7-11(13)4-2/h7-8,10H,4,6,9H2,1-2H3,(H,15,16). The van der Waals surface area contributed by atoms with Crippen LogP contribution in [0.3, 0.4) is 0 Å². The van der Waals surface area contributed by atoms with Gasteiger partial charge in [0.2, 0.25) is 0 Å². The predicted molar refractivity (Wildman–Crippen MR) is 72.9 cm³/mol. The average Bonchev–Trinajstić information content (AvgIpc) is 2.38. The topological polar surface area (TPSA) is 71.4 Å². The first-order valence-corrected chi connectivity index (χ1v) is 7.56. The van der Waals surface area contributed by atoms with Crippen LogP contribution in [0.4, 0.5) is 0 Å². The van der Waals surface area contributed by atoms with Gasteiger partial charge in [-0.25, -0.2) is 13.2 Å². The molecular formula is C14H16O4S. The molecule has 102 valence electrons. The summed E-state index contributed by atoms with van der Waals surface area (Å²) in [7, 11) is -3.50. The lowest BCUT2D eigenvalue weighted by atomic mass is 10.1. The second-order valence-corrected chi connectivity index (χ2v) is 6.05. The highest BCUT2D eigenvalue weighted by atomic mass is 32.2. The minimum Gasteiger partial charge on any atom is -0.478 e. The van der Waals surface area contributed by atoms with Gasteiger partial charge in [0.25, 0.3) is 0 Å². The van der Waals surface area contributed by atoms with Gasteiger partial charge in [-0.15, -0.1) is 11.8 Å². The fraction of sp³-hybridized carbons (Fsp3) is 0.357. The van der Waals surface area contributed by atoms with Crippen LogP contribution in [-0.2, 0) is 16.3 Å². The van der Waals surface area contributed by atoms with E-state index in [4.69, 9.17) is 5.11 Å². The van der Waals surface area contributed by atoms with Crippen molar-refractivity contribution in [1.82, 2.24) is 0 Å². The third-order valence-electron chi connectivity index (χ3n) is 2.70. The van der Waals surface area contributed by atoms with Crippen molar-refractivity contribution in [2.75, 3.05) is 5.75 Å². The fourth-order valence-electron chi connectivity index (χ4n) is 1.69. The molecule has 0 spiro atoms.